The molecular formula is C16H16ClN3O3. The molecule has 0 aromatic carbocycles. The van der Waals surface area contributed by atoms with Crippen LogP contribution in [-0.2, 0) is 11.3 Å². The van der Waals surface area contributed by atoms with Crippen LogP contribution in [0.15, 0.2) is 28.9 Å². The molecule has 23 heavy (non-hydrogen) atoms. The lowest BCUT2D eigenvalue weighted by Gasteiger charge is -2.25. The van der Waals surface area contributed by atoms with Gasteiger partial charge in [-0.25, -0.2) is 4.79 Å². The zero-order valence-electron chi connectivity index (χ0n) is 12.4. The van der Waals surface area contributed by atoms with Gasteiger partial charge in [-0.1, -0.05) is 18.0 Å². The molecule has 1 fully saturated rings. The smallest absolute Gasteiger partial charge is 0.374 e. The molecule has 1 saturated carbocycles. The van der Waals surface area contributed by atoms with Crippen LogP contribution in [0.5, 0.6) is 0 Å². The molecule has 7 heteroatoms. The van der Waals surface area contributed by atoms with E-state index in [1.54, 1.807) is 23.0 Å². The highest BCUT2D eigenvalue weighted by molar-refractivity contribution is 6.30. The number of nitriles is 1. The molecule has 1 aliphatic carbocycles. The number of hydrogen-bond donors (Lipinski definition) is 0. The van der Waals surface area contributed by atoms with Crippen molar-refractivity contribution < 1.29 is 13.9 Å². The number of ether oxygens (including phenoxy) is 1. The third-order valence-corrected chi connectivity index (χ3v) is 4.10. The van der Waals surface area contributed by atoms with Crippen molar-refractivity contribution in [2.24, 2.45) is 5.92 Å². The van der Waals surface area contributed by atoms with Crippen LogP contribution in [0.25, 0.3) is 0 Å². The number of carbonyl (C=O) groups is 1. The molecule has 120 valence electrons. The molecule has 0 aliphatic heterocycles. The highest BCUT2D eigenvalue weighted by atomic mass is 35.5. The minimum absolute atomic E-state index is 0.139. The average Bonchev–Trinajstić information content (AvgIpc) is 3.17. The van der Waals surface area contributed by atoms with Crippen LogP contribution in [0.1, 0.15) is 42.0 Å². The molecule has 1 aliphatic rings. The molecule has 0 saturated heterocycles. The van der Waals surface area contributed by atoms with Crippen molar-refractivity contribution in [3.05, 3.63) is 41.1 Å². The second kappa shape index (κ2) is 6.88. The van der Waals surface area contributed by atoms with E-state index in [1.807, 2.05) is 0 Å². The van der Waals surface area contributed by atoms with Crippen molar-refractivity contribution in [3.63, 3.8) is 0 Å². The monoisotopic (exact) mass is 333 g/mol. The third-order valence-electron chi connectivity index (χ3n) is 3.91. The predicted molar refractivity (Wildman–Crippen MR) is 81.8 cm³/mol. The second-order valence-corrected chi connectivity index (χ2v) is 6.02. The summed E-state index contributed by atoms with van der Waals surface area (Å²) in [7, 11) is 0. The number of furan rings is 1. The maximum atomic E-state index is 12.2. The van der Waals surface area contributed by atoms with Gasteiger partial charge in [0, 0.05) is 6.20 Å². The number of rotatable bonds is 4. The van der Waals surface area contributed by atoms with Crippen LogP contribution in [0, 0.1) is 17.2 Å². The number of aromatic nitrogens is 2. The summed E-state index contributed by atoms with van der Waals surface area (Å²) in [6.45, 7) is 0.379. The Kier molecular flexibility index (Phi) is 4.68. The summed E-state index contributed by atoms with van der Waals surface area (Å²) in [6.07, 6.45) is 6.33. The molecule has 3 rings (SSSR count). The van der Waals surface area contributed by atoms with Gasteiger partial charge in [-0.05, 0) is 31.4 Å². The van der Waals surface area contributed by atoms with Crippen molar-refractivity contribution in [3.8, 4) is 6.07 Å². The Hall–Kier alpha value is -2.26. The van der Waals surface area contributed by atoms with Crippen LogP contribution in [0.3, 0.4) is 0 Å². The van der Waals surface area contributed by atoms with Crippen molar-refractivity contribution in [1.82, 2.24) is 9.78 Å². The summed E-state index contributed by atoms with van der Waals surface area (Å²) < 4.78 is 12.6. The van der Waals surface area contributed by atoms with E-state index < -0.39 is 5.97 Å². The number of carbonyl (C=O) groups excluding carboxylic acids is 1. The minimum atomic E-state index is -0.526. The topological polar surface area (TPSA) is 81.0 Å². The fourth-order valence-electron chi connectivity index (χ4n) is 2.74. The zero-order chi connectivity index (χ0) is 16.2. The summed E-state index contributed by atoms with van der Waals surface area (Å²) in [5.74, 6) is -0.0343. The first-order valence-corrected chi connectivity index (χ1v) is 7.91. The lowest BCUT2D eigenvalue weighted by molar-refractivity contribution is 0.00735. The fraction of sp³-hybridized carbons (Fsp3) is 0.438. The molecule has 2 heterocycles. The number of nitrogens with zero attached hydrogens (tertiary/aromatic N) is 3. The Morgan fingerprint density at radius 1 is 1.48 bits per heavy atom. The van der Waals surface area contributed by atoms with Crippen LogP contribution in [0.2, 0.25) is 5.02 Å². The SMILES string of the molecule is N#C[C@H]1CCCC[C@H]1OC(=O)c1ccc(Cn2cc(Cl)cn2)o1. The Balaban J connectivity index is 1.63. The Bertz CT molecular complexity index is 731. The number of esters is 1. The molecule has 2 aromatic heterocycles. The molecule has 0 spiro atoms. The second-order valence-electron chi connectivity index (χ2n) is 5.59. The van der Waals surface area contributed by atoms with E-state index in [-0.39, 0.29) is 17.8 Å². The Morgan fingerprint density at radius 3 is 3.04 bits per heavy atom. The molecule has 0 radical (unpaired) electrons. The third kappa shape index (κ3) is 3.74. The van der Waals surface area contributed by atoms with Gasteiger partial charge in [-0.3, -0.25) is 4.68 Å². The average molecular weight is 334 g/mol. The zero-order valence-corrected chi connectivity index (χ0v) is 13.2. The van der Waals surface area contributed by atoms with Gasteiger partial charge in [0.15, 0.2) is 0 Å². The minimum Gasteiger partial charge on any atom is -0.455 e. The van der Waals surface area contributed by atoms with Gasteiger partial charge >= 0.3 is 5.97 Å². The summed E-state index contributed by atoms with van der Waals surface area (Å²) >= 11 is 5.80. The standard InChI is InChI=1S/C16H16ClN3O3/c17-12-8-19-20(9-12)10-13-5-6-15(22-13)16(21)23-14-4-2-1-3-11(14)7-18/h5-6,8-9,11,14H,1-4,10H2/t11-,14-/m1/s1. The molecule has 0 unspecified atom stereocenters. The molecular weight excluding hydrogens is 318 g/mol. The molecule has 6 nitrogen and oxygen atoms in total. The van der Waals surface area contributed by atoms with Crippen molar-refractivity contribution >= 4 is 17.6 Å². The van der Waals surface area contributed by atoms with Crippen LogP contribution in [-0.4, -0.2) is 21.9 Å². The van der Waals surface area contributed by atoms with E-state index in [9.17, 15) is 4.79 Å². The summed E-state index contributed by atoms with van der Waals surface area (Å²) in [6, 6.07) is 5.50. The predicted octanol–water partition coefficient (Wildman–Crippen LogP) is 3.42. The first-order chi connectivity index (χ1) is 11.2. The van der Waals surface area contributed by atoms with Gasteiger partial charge in [-0.2, -0.15) is 10.4 Å². The lowest BCUT2D eigenvalue weighted by Crippen LogP contribution is -2.29. The highest BCUT2D eigenvalue weighted by Gasteiger charge is 2.29. The Morgan fingerprint density at radius 2 is 2.30 bits per heavy atom. The number of halogens is 1. The van der Waals surface area contributed by atoms with Crippen molar-refractivity contribution in [2.75, 3.05) is 0 Å². The molecule has 2 aromatic rings. The van der Waals surface area contributed by atoms with Crippen LogP contribution in [0.4, 0.5) is 0 Å². The summed E-state index contributed by atoms with van der Waals surface area (Å²) in [4.78, 5) is 12.2. The quantitative estimate of drug-likeness (QED) is 0.801. The van der Waals surface area contributed by atoms with E-state index in [4.69, 9.17) is 26.0 Å². The molecule has 0 amide bonds. The van der Waals surface area contributed by atoms with Crippen molar-refractivity contribution in [2.45, 2.75) is 38.3 Å². The molecule has 0 bridgehead atoms. The maximum absolute atomic E-state index is 12.2. The first-order valence-electron chi connectivity index (χ1n) is 7.53. The normalized spacial score (nSPS) is 20.9. The van der Waals surface area contributed by atoms with Gasteiger partial charge in [-0.15, -0.1) is 0 Å². The van der Waals surface area contributed by atoms with E-state index in [0.29, 0.717) is 17.3 Å². The van der Waals surface area contributed by atoms with Gasteiger partial charge in [0.1, 0.15) is 11.9 Å². The highest BCUT2D eigenvalue weighted by Crippen LogP contribution is 2.27. The molecule has 0 N–H and O–H groups in total. The molecule has 2 atom stereocenters. The van der Waals surface area contributed by atoms with E-state index in [1.165, 1.54) is 6.20 Å². The fourth-order valence-corrected chi connectivity index (χ4v) is 2.89. The van der Waals surface area contributed by atoms with Crippen molar-refractivity contribution in [1.29, 1.82) is 5.26 Å². The van der Waals surface area contributed by atoms with E-state index in [0.717, 1.165) is 25.7 Å². The Labute approximate surface area is 138 Å². The van der Waals surface area contributed by atoms with Gasteiger partial charge < -0.3 is 9.15 Å². The largest absolute Gasteiger partial charge is 0.455 e. The van der Waals surface area contributed by atoms with Gasteiger partial charge in [0.25, 0.3) is 0 Å². The first kappa shape index (κ1) is 15.6. The lowest BCUT2D eigenvalue weighted by atomic mass is 9.87. The van der Waals surface area contributed by atoms with E-state index >= 15 is 0 Å². The summed E-state index contributed by atoms with van der Waals surface area (Å²) in [5.41, 5.74) is 0. The maximum Gasteiger partial charge on any atom is 0.374 e. The van der Waals surface area contributed by atoms with Gasteiger partial charge in [0.2, 0.25) is 5.76 Å². The van der Waals surface area contributed by atoms with Crippen LogP contribution >= 0.6 is 11.6 Å². The van der Waals surface area contributed by atoms with Gasteiger partial charge in [0.05, 0.1) is 29.8 Å². The van der Waals surface area contributed by atoms with Crippen LogP contribution < -0.4 is 0 Å². The number of hydrogen-bond acceptors (Lipinski definition) is 5. The van der Waals surface area contributed by atoms with E-state index in [2.05, 4.69) is 11.2 Å². The summed E-state index contributed by atoms with van der Waals surface area (Å²) in [5, 5.41) is 13.7.